The van der Waals surface area contributed by atoms with Crippen molar-refractivity contribution in [3.05, 3.63) is 33.2 Å². The van der Waals surface area contributed by atoms with E-state index in [-0.39, 0.29) is 17.2 Å². The molecule has 2 rings (SSSR count). The summed E-state index contributed by atoms with van der Waals surface area (Å²) in [7, 11) is 0. The molecule has 0 bridgehead atoms. The lowest BCUT2D eigenvalue weighted by Crippen LogP contribution is -2.31. The van der Waals surface area contributed by atoms with Gasteiger partial charge < -0.3 is 4.57 Å². The average Bonchev–Trinajstić information content (AvgIpc) is 2.39. The zero-order chi connectivity index (χ0) is 14.7. The van der Waals surface area contributed by atoms with Crippen LogP contribution in [0, 0.1) is 5.92 Å². The Kier molecular flexibility index (Phi) is 5.03. The zero-order valence-corrected chi connectivity index (χ0v) is 13.0. The van der Waals surface area contributed by atoms with E-state index in [1.165, 1.54) is 17.7 Å². The number of halogens is 1. The first-order valence-electron chi connectivity index (χ1n) is 7.42. The predicted molar refractivity (Wildman–Crippen MR) is 81.4 cm³/mol. The Morgan fingerprint density at radius 1 is 1.35 bits per heavy atom. The summed E-state index contributed by atoms with van der Waals surface area (Å²) < 4.78 is 1.94. The van der Waals surface area contributed by atoms with E-state index >= 15 is 0 Å². The first-order valence-corrected chi connectivity index (χ1v) is 7.79. The molecule has 3 nitrogen and oxygen atoms in total. The van der Waals surface area contributed by atoms with Crippen molar-refractivity contribution < 1.29 is 4.79 Å². The highest BCUT2D eigenvalue weighted by molar-refractivity contribution is 6.63. The van der Waals surface area contributed by atoms with Crippen molar-refractivity contribution in [3.8, 4) is 0 Å². The van der Waals surface area contributed by atoms with Gasteiger partial charge in [-0.25, -0.2) is 0 Å². The lowest BCUT2D eigenvalue weighted by Gasteiger charge is -2.23. The van der Waals surface area contributed by atoms with Gasteiger partial charge in [0.05, 0.1) is 0 Å². The number of nitrogens with zero attached hydrogens (tertiary/aromatic N) is 1. The number of hydrogen-bond donors (Lipinski definition) is 0. The highest BCUT2D eigenvalue weighted by Crippen LogP contribution is 2.22. The summed E-state index contributed by atoms with van der Waals surface area (Å²) in [4.78, 5) is 23.5. The number of pyridine rings is 1. The fourth-order valence-corrected chi connectivity index (χ4v) is 3.01. The third-order valence-electron chi connectivity index (χ3n) is 3.81. The van der Waals surface area contributed by atoms with Crippen LogP contribution in [0.2, 0.25) is 0 Å². The minimum Gasteiger partial charge on any atom is -0.312 e. The van der Waals surface area contributed by atoms with Crippen molar-refractivity contribution in [2.24, 2.45) is 5.92 Å². The first-order chi connectivity index (χ1) is 9.49. The minimum atomic E-state index is -0.377. The standard InChI is InChI=1S/C16H22ClNO2/c1-11(2)10-18-14-6-4-3-5-12(14)9-13(16(18)20)7-8-15(17)19/h9,11H,3-8,10H2,1-2H3. The Hall–Kier alpha value is -1.09. The van der Waals surface area contributed by atoms with Crippen LogP contribution in [-0.2, 0) is 30.6 Å². The van der Waals surface area contributed by atoms with Gasteiger partial charge in [0.1, 0.15) is 0 Å². The van der Waals surface area contributed by atoms with E-state index in [0.29, 0.717) is 12.3 Å². The van der Waals surface area contributed by atoms with Crippen LogP contribution < -0.4 is 5.56 Å². The predicted octanol–water partition coefficient (Wildman–Crippen LogP) is 3.08. The summed E-state index contributed by atoms with van der Waals surface area (Å²) in [5.74, 6) is 0.434. The molecular weight excluding hydrogens is 274 g/mol. The third-order valence-corrected chi connectivity index (χ3v) is 4.00. The Morgan fingerprint density at radius 3 is 2.70 bits per heavy atom. The number of rotatable bonds is 5. The van der Waals surface area contributed by atoms with Gasteiger partial charge in [-0.1, -0.05) is 13.8 Å². The Labute approximate surface area is 124 Å². The van der Waals surface area contributed by atoms with Crippen LogP contribution >= 0.6 is 11.6 Å². The molecule has 0 spiro atoms. The van der Waals surface area contributed by atoms with Gasteiger partial charge in [0.2, 0.25) is 5.24 Å². The van der Waals surface area contributed by atoms with Crippen molar-refractivity contribution in [2.45, 2.75) is 58.9 Å². The first kappa shape index (κ1) is 15.3. The topological polar surface area (TPSA) is 39.1 Å². The number of carbonyl (C=O) groups is 1. The second-order valence-corrected chi connectivity index (χ2v) is 6.43. The molecule has 0 aromatic carbocycles. The molecule has 0 radical (unpaired) electrons. The second kappa shape index (κ2) is 6.57. The van der Waals surface area contributed by atoms with Gasteiger partial charge in [0.25, 0.3) is 5.56 Å². The lowest BCUT2D eigenvalue weighted by molar-refractivity contribution is -0.111. The van der Waals surface area contributed by atoms with Gasteiger partial charge in [0, 0.05) is 24.2 Å². The van der Waals surface area contributed by atoms with E-state index < -0.39 is 0 Å². The van der Waals surface area contributed by atoms with Crippen molar-refractivity contribution in [1.29, 1.82) is 0 Å². The molecule has 0 amide bonds. The summed E-state index contributed by atoms with van der Waals surface area (Å²) >= 11 is 5.40. The SMILES string of the molecule is CC(C)Cn1c2c(cc(CCC(=O)Cl)c1=O)CCCC2. The molecule has 1 aromatic heterocycles. The molecule has 1 aromatic rings. The van der Waals surface area contributed by atoms with Gasteiger partial charge in [-0.2, -0.15) is 0 Å². The summed E-state index contributed by atoms with van der Waals surface area (Å²) in [6.07, 6.45) is 5.05. The maximum Gasteiger partial charge on any atom is 0.253 e. The molecule has 0 unspecified atom stereocenters. The Morgan fingerprint density at radius 2 is 2.05 bits per heavy atom. The summed E-state index contributed by atoms with van der Waals surface area (Å²) in [5.41, 5.74) is 3.29. The average molecular weight is 296 g/mol. The number of carbonyl (C=O) groups excluding carboxylic acids is 1. The van der Waals surface area contributed by atoms with Crippen molar-refractivity contribution >= 4 is 16.8 Å². The van der Waals surface area contributed by atoms with Crippen molar-refractivity contribution in [2.75, 3.05) is 0 Å². The maximum atomic E-state index is 12.6. The third kappa shape index (κ3) is 3.51. The summed E-state index contributed by atoms with van der Waals surface area (Å²) in [5, 5.41) is -0.377. The Balaban J connectivity index is 2.43. The number of aromatic nitrogens is 1. The van der Waals surface area contributed by atoms with Gasteiger partial charge in [0.15, 0.2) is 0 Å². The quantitative estimate of drug-likeness (QED) is 0.783. The van der Waals surface area contributed by atoms with E-state index in [1.807, 2.05) is 10.6 Å². The summed E-state index contributed by atoms with van der Waals surface area (Å²) in [6, 6.07) is 2.01. The van der Waals surface area contributed by atoms with E-state index in [0.717, 1.165) is 31.4 Å². The van der Waals surface area contributed by atoms with Gasteiger partial charge in [-0.15, -0.1) is 0 Å². The van der Waals surface area contributed by atoms with Crippen LogP contribution in [-0.4, -0.2) is 9.81 Å². The number of fused-ring (bicyclic) bond motifs is 1. The fraction of sp³-hybridized carbons (Fsp3) is 0.625. The van der Waals surface area contributed by atoms with E-state index in [4.69, 9.17) is 11.6 Å². The van der Waals surface area contributed by atoms with Gasteiger partial charge in [-0.3, -0.25) is 9.59 Å². The second-order valence-electron chi connectivity index (χ2n) is 6.01. The normalized spacial score (nSPS) is 14.4. The molecule has 1 aliphatic rings. The monoisotopic (exact) mass is 295 g/mol. The minimum absolute atomic E-state index is 0.0669. The Bertz CT molecular complexity index is 560. The van der Waals surface area contributed by atoms with Crippen LogP contribution in [0.1, 0.15) is 49.9 Å². The van der Waals surface area contributed by atoms with Crippen LogP contribution in [0.25, 0.3) is 0 Å². The van der Waals surface area contributed by atoms with Gasteiger partial charge in [-0.05, 0) is 61.3 Å². The molecule has 110 valence electrons. The fourth-order valence-electron chi connectivity index (χ4n) is 2.91. The largest absolute Gasteiger partial charge is 0.312 e. The molecule has 4 heteroatoms. The molecule has 0 saturated heterocycles. The van der Waals surface area contributed by atoms with Crippen LogP contribution in [0.5, 0.6) is 0 Å². The van der Waals surface area contributed by atoms with Crippen LogP contribution in [0.4, 0.5) is 0 Å². The molecule has 20 heavy (non-hydrogen) atoms. The molecule has 0 N–H and O–H groups in total. The maximum absolute atomic E-state index is 12.6. The molecule has 0 aliphatic heterocycles. The summed E-state index contributed by atoms with van der Waals surface area (Å²) in [6.45, 7) is 5.00. The highest BCUT2D eigenvalue weighted by atomic mass is 35.5. The lowest BCUT2D eigenvalue weighted by atomic mass is 9.93. The molecular formula is C16H22ClNO2. The van der Waals surface area contributed by atoms with Crippen LogP contribution in [0.15, 0.2) is 10.9 Å². The molecule has 1 aliphatic carbocycles. The number of aryl methyl sites for hydroxylation is 2. The van der Waals surface area contributed by atoms with E-state index in [9.17, 15) is 9.59 Å². The van der Waals surface area contributed by atoms with E-state index in [2.05, 4.69) is 13.8 Å². The molecule has 0 atom stereocenters. The van der Waals surface area contributed by atoms with E-state index in [1.54, 1.807) is 0 Å². The molecule has 1 heterocycles. The smallest absolute Gasteiger partial charge is 0.253 e. The zero-order valence-electron chi connectivity index (χ0n) is 12.2. The highest BCUT2D eigenvalue weighted by Gasteiger charge is 2.18. The van der Waals surface area contributed by atoms with Gasteiger partial charge >= 0.3 is 0 Å². The van der Waals surface area contributed by atoms with Crippen molar-refractivity contribution in [1.82, 2.24) is 4.57 Å². The molecule has 0 fully saturated rings. The number of hydrogen-bond acceptors (Lipinski definition) is 2. The van der Waals surface area contributed by atoms with Crippen LogP contribution in [0.3, 0.4) is 0 Å². The van der Waals surface area contributed by atoms with Crippen molar-refractivity contribution in [3.63, 3.8) is 0 Å². The molecule has 0 saturated carbocycles.